The van der Waals surface area contributed by atoms with E-state index in [9.17, 15) is 4.79 Å². The highest BCUT2D eigenvalue weighted by atomic mass is 28.4. The van der Waals surface area contributed by atoms with Crippen LogP contribution in [0.3, 0.4) is 0 Å². The number of carbonyl (C=O) groups excluding carboxylic acids is 1. The molecule has 0 aromatic carbocycles. The van der Waals surface area contributed by atoms with E-state index in [1.54, 1.807) is 6.08 Å². The average Bonchev–Trinajstić information content (AvgIpc) is 2.61. The molecule has 1 atom stereocenters. The van der Waals surface area contributed by atoms with Gasteiger partial charge in [0.15, 0.2) is 14.1 Å². The third-order valence-electron chi connectivity index (χ3n) is 7.22. The summed E-state index contributed by atoms with van der Waals surface area (Å²) in [6.45, 7) is 27.8. The van der Waals surface area contributed by atoms with Crippen LogP contribution >= 0.6 is 0 Å². The lowest BCUT2D eigenvalue weighted by atomic mass is 10.1. The molecule has 0 saturated carbocycles. The van der Waals surface area contributed by atoms with Gasteiger partial charge in [-0.3, -0.25) is 4.79 Å². The molecule has 31 heavy (non-hydrogen) atoms. The number of rotatable bonds is 15. The molecule has 0 amide bonds. The molecule has 0 aliphatic heterocycles. The first kappa shape index (κ1) is 30.8. The molecule has 0 aromatic heterocycles. The molecule has 0 fully saturated rings. The monoisotopic (exact) mass is 470 g/mol. The molecule has 0 heterocycles. The Kier molecular flexibility index (Phi) is 13.4. The van der Waals surface area contributed by atoms with Crippen LogP contribution in [-0.2, 0) is 13.6 Å². The molecule has 0 aliphatic rings. The molecule has 184 valence electrons. The lowest BCUT2D eigenvalue weighted by Gasteiger charge is -2.45. The summed E-state index contributed by atoms with van der Waals surface area (Å²) in [7, 11) is -4.00. The molecule has 3 nitrogen and oxygen atoms in total. The summed E-state index contributed by atoms with van der Waals surface area (Å²) in [6, 6.07) is 0. The lowest BCUT2D eigenvalue weighted by Crippen LogP contribution is -2.52. The first-order valence-electron chi connectivity index (χ1n) is 12.6. The number of unbranched alkanes of at least 4 members (excludes halogenated alkanes) is 3. The third kappa shape index (κ3) is 9.65. The molecule has 5 heteroatoms. The zero-order valence-corrected chi connectivity index (χ0v) is 24.9. The summed E-state index contributed by atoms with van der Waals surface area (Å²) in [5, 5.41) is 0.142. The van der Waals surface area contributed by atoms with E-state index in [4.69, 9.17) is 8.85 Å². The Morgan fingerprint density at radius 2 is 1.45 bits per heavy atom. The van der Waals surface area contributed by atoms with Gasteiger partial charge in [-0.1, -0.05) is 88.2 Å². The predicted octanol–water partition coefficient (Wildman–Crippen LogP) is 8.66. The maximum Gasteiger partial charge on any atom is 0.200 e. The summed E-state index contributed by atoms with van der Waals surface area (Å²) in [5.41, 5.74) is 1.47. The Morgan fingerprint density at radius 1 is 0.935 bits per heavy atom. The van der Waals surface area contributed by atoms with Crippen LogP contribution in [-0.4, -0.2) is 35.1 Å². The summed E-state index contributed by atoms with van der Waals surface area (Å²) in [4.78, 5) is 12.8. The van der Waals surface area contributed by atoms with E-state index in [1.165, 1.54) is 12.8 Å². The fourth-order valence-corrected chi connectivity index (χ4v) is 10.9. The predicted molar refractivity (Wildman–Crippen MR) is 142 cm³/mol. The van der Waals surface area contributed by atoms with Crippen LogP contribution in [0.2, 0.25) is 34.8 Å². The van der Waals surface area contributed by atoms with Crippen molar-refractivity contribution >= 4 is 22.4 Å². The summed E-state index contributed by atoms with van der Waals surface area (Å²) < 4.78 is 13.6. The normalized spacial score (nSPS) is 14.9. The van der Waals surface area contributed by atoms with Crippen LogP contribution in [0.5, 0.6) is 0 Å². The van der Waals surface area contributed by atoms with Gasteiger partial charge in [-0.25, -0.2) is 0 Å². The number of allylic oxidation sites excluding steroid dienone is 2. The zero-order valence-electron chi connectivity index (χ0n) is 22.9. The van der Waals surface area contributed by atoms with E-state index in [0.29, 0.717) is 29.7 Å². The number of carbonyl (C=O) groups is 1. The van der Waals surface area contributed by atoms with Crippen molar-refractivity contribution in [1.29, 1.82) is 0 Å². The fraction of sp³-hybridized carbons (Fsp3) is 0.885. The summed E-state index contributed by atoms with van der Waals surface area (Å²) in [6.07, 6.45) is 8.63. The van der Waals surface area contributed by atoms with Crippen LogP contribution in [0, 0.1) is 0 Å². The van der Waals surface area contributed by atoms with E-state index in [2.05, 4.69) is 82.3 Å². The summed E-state index contributed by atoms with van der Waals surface area (Å²) >= 11 is 0. The maximum absolute atomic E-state index is 12.8. The van der Waals surface area contributed by atoms with Crippen LogP contribution in [0.1, 0.15) is 101 Å². The zero-order chi connectivity index (χ0) is 24.5. The van der Waals surface area contributed by atoms with Gasteiger partial charge in [0.1, 0.15) is 0 Å². The van der Waals surface area contributed by atoms with Crippen LogP contribution in [0.15, 0.2) is 12.2 Å². The molecule has 0 unspecified atom stereocenters. The second-order valence-electron chi connectivity index (χ2n) is 11.7. The number of hydrogen-bond donors (Lipinski definition) is 0. The first-order chi connectivity index (χ1) is 14.1. The van der Waals surface area contributed by atoms with Crippen LogP contribution < -0.4 is 0 Å². The minimum Gasteiger partial charge on any atom is -0.414 e. The number of ketones is 1. The van der Waals surface area contributed by atoms with Gasteiger partial charge in [0.05, 0.1) is 12.7 Å². The van der Waals surface area contributed by atoms with Gasteiger partial charge in [-0.15, -0.1) is 0 Å². The van der Waals surface area contributed by atoms with Gasteiger partial charge in [-0.05, 0) is 53.7 Å². The topological polar surface area (TPSA) is 35.5 Å². The van der Waals surface area contributed by atoms with Crippen molar-refractivity contribution < 1.29 is 13.6 Å². The van der Waals surface area contributed by atoms with Gasteiger partial charge in [0, 0.05) is 6.42 Å². The molecule has 0 saturated heterocycles. The van der Waals surface area contributed by atoms with E-state index in [-0.39, 0.29) is 16.9 Å². The van der Waals surface area contributed by atoms with Crippen molar-refractivity contribution in [3.05, 3.63) is 12.2 Å². The smallest absolute Gasteiger partial charge is 0.200 e. The van der Waals surface area contributed by atoms with Gasteiger partial charge < -0.3 is 8.85 Å². The van der Waals surface area contributed by atoms with Crippen molar-refractivity contribution in [1.82, 2.24) is 0 Å². The van der Waals surface area contributed by atoms with E-state index in [1.807, 2.05) is 6.08 Å². The quantitative estimate of drug-likeness (QED) is 0.136. The molecule has 0 aliphatic carbocycles. The van der Waals surface area contributed by atoms with Crippen molar-refractivity contribution in [3.8, 4) is 0 Å². The Hall–Kier alpha value is -0.236. The molecule has 0 spiro atoms. The van der Waals surface area contributed by atoms with E-state index < -0.39 is 16.6 Å². The van der Waals surface area contributed by atoms with Gasteiger partial charge in [-0.2, -0.15) is 0 Å². The second-order valence-corrected chi connectivity index (χ2v) is 21.9. The van der Waals surface area contributed by atoms with Crippen molar-refractivity contribution in [2.45, 2.75) is 142 Å². The Bertz CT molecular complexity index is 524. The van der Waals surface area contributed by atoms with Gasteiger partial charge in [0.2, 0.25) is 8.32 Å². The Morgan fingerprint density at radius 3 is 1.87 bits per heavy atom. The van der Waals surface area contributed by atoms with Crippen molar-refractivity contribution in [3.63, 3.8) is 0 Å². The second kappa shape index (κ2) is 13.5. The standard InChI is InChI=1S/C26H54O3Si2/c1-13-14-15-16-17-18-24(27)19-25(20-28-30(11,12)26(8,9)10)29-31(21(2)3,22(4)5)23(6)7/h17-18,21-23,25H,13-16,19-20H2,1-12H3/b18-17+/t25-/m0/s1. The molecule has 0 radical (unpaired) electrons. The lowest BCUT2D eigenvalue weighted by molar-refractivity contribution is -0.116. The minimum absolute atomic E-state index is 0.142. The molecular weight excluding hydrogens is 416 g/mol. The average molecular weight is 471 g/mol. The molecular formula is C26H54O3Si2. The van der Waals surface area contributed by atoms with Crippen LogP contribution in [0.25, 0.3) is 0 Å². The fourth-order valence-electron chi connectivity index (χ4n) is 4.37. The number of hydrogen-bond acceptors (Lipinski definition) is 3. The summed E-state index contributed by atoms with van der Waals surface area (Å²) in [5.74, 6) is 0.166. The van der Waals surface area contributed by atoms with Gasteiger partial charge >= 0.3 is 0 Å². The van der Waals surface area contributed by atoms with Crippen LogP contribution in [0.4, 0.5) is 0 Å². The highest BCUT2D eigenvalue weighted by Gasteiger charge is 2.47. The largest absolute Gasteiger partial charge is 0.414 e. The Balaban J connectivity index is 5.59. The van der Waals surface area contributed by atoms with E-state index >= 15 is 0 Å². The molecule has 0 rings (SSSR count). The maximum atomic E-state index is 12.8. The minimum atomic E-state index is -2.09. The Labute approximate surface area is 197 Å². The highest BCUT2D eigenvalue weighted by Crippen LogP contribution is 2.44. The molecule has 0 N–H and O–H groups in total. The van der Waals surface area contributed by atoms with E-state index in [0.717, 1.165) is 12.8 Å². The molecule has 0 aromatic rings. The van der Waals surface area contributed by atoms with Crippen molar-refractivity contribution in [2.75, 3.05) is 6.61 Å². The third-order valence-corrected chi connectivity index (χ3v) is 17.9. The van der Waals surface area contributed by atoms with Gasteiger partial charge in [0.25, 0.3) is 0 Å². The highest BCUT2D eigenvalue weighted by molar-refractivity contribution is 6.77. The van der Waals surface area contributed by atoms with Crippen molar-refractivity contribution in [2.24, 2.45) is 0 Å². The SMILES string of the molecule is CCCCC/C=C/C(=O)C[C@@H](CO[Si](C)(C)C(C)(C)C)O[Si](C(C)C)(C(C)C)C(C)C. The molecule has 0 bridgehead atoms. The first-order valence-corrected chi connectivity index (χ1v) is 17.7.